The first kappa shape index (κ1) is 17.5. The summed E-state index contributed by atoms with van der Waals surface area (Å²) in [6.45, 7) is 1.17. The van der Waals surface area contributed by atoms with Crippen LogP contribution in [0.1, 0.15) is 22.8 Å². The van der Waals surface area contributed by atoms with Gasteiger partial charge in [0, 0.05) is 10.7 Å². The van der Waals surface area contributed by atoms with Gasteiger partial charge in [-0.15, -0.1) is 0 Å². The number of Topliss-reactive ketones (excluding diaryl/α,β-unsaturated/α-hetero) is 1. The monoisotopic (exact) mass is 342 g/mol. The smallest absolute Gasteiger partial charge is 0.262 e. The number of carbonyl (C=O) groups is 2. The Hall–Kier alpha value is -2.84. The Morgan fingerprint density at radius 3 is 2.54 bits per heavy atom. The minimum atomic E-state index is -0.354. The van der Waals surface area contributed by atoms with Gasteiger partial charge in [-0.05, 0) is 42.8 Å². The lowest BCUT2D eigenvalue weighted by atomic mass is 10.1. The van der Waals surface area contributed by atoms with Crippen LogP contribution in [-0.4, -0.2) is 18.3 Å². The molecule has 0 aromatic heterocycles. The van der Waals surface area contributed by atoms with E-state index < -0.39 is 0 Å². The molecule has 0 atom stereocenters. The van der Waals surface area contributed by atoms with Crippen molar-refractivity contribution in [3.05, 3.63) is 58.6 Å². The number of amides is 1. The van der Waals surface area contributed by atoms with Gasteiger partial charge < -0.3 is 10.1 Å². The van der Waals surface area contributed by atoms with Gasteiger partial charge >= 0.3 is 0 Å². The summed E-state index contributed by atoms with van der Waals surface area (Å²) < 4.78 is 5.42. The average molecular weight is 343 g/mol. The van der Waals surface area contributed by atoms with Crippen molar-refractivity contribution in [1.29, 1.82) is 5.26 Å². The van der Waals surface area contributed by atoms with Crippen molar-refractivity contribution in [2.24, 2.45) is 0 Å². The molecule has 0 unspecified atom stereocenters. The van der Waals surface area contributed by atoms with Crippen LogP contribution < -0.4 is 10.1 Å². The van der Waals surface area contributed by atoms with E-state index in [1.165, 1.54) is 13.0 Å². The standard InChI is InChI=1S/C18H15ClN2O3/c1-12(22)16-10-14(19)4-7-17(16)24-11-18(23)21-15-5-2-13(3-6-15)8-9-20/h2-7,10H,8,11H2,1H3,(H,21,23). The SMILES string of the molecule is CC(=O)c1cc(Cl)ccc1OCC(=O)Nc1ccc(CC#N)cc1. The fraction of sp³-hybridized carbons (Fsp3) is 0.167. The van der Waals surface area contributed by atoms with Crippen molar-refractivity contribution in [2.45, 2.75) is 13.3 Å². The minimum absolute atomic E-state index is 0.194. The Morgan fingerprint density at radius 1 is 1.21 bits per heavy atom. The number of carbonyl (C=O) groups excluding carboxylic acids is 2. The first-order chi connectivity index (χ1) is 11.5. The van der Waals surface area contributed by atoms with Gasteiger partial charge in [0.05, 0.1) is 18.1 Å². The number of halogens is 1. The van der Waals surface area contributed by atoms with E-state index >= 15 is 0 Å². The molecule has 0 spiro atoms. The number of nitriles is 1. The number of hydrogen-bond donors (Lipinski definition) is 1. The Bertz CT molecular complexity index is 795. The largest absolute Gasteiger partial charge is 0.483 e. The molecule has 122 valence electrons. The lowest BCUT2D eigenvalue weighted by Gasteiger charge is -2.10. The summed E-state index contributed by atoms with van der Waals surface area (Å²) in [5.41, 5.74) is 1.81. The molecule has 0 aliphatic carbocycles. The van der Waals surface area contributed by atoms with Gasteiger partial charge in [0.1, 0.15) is 5.75 Å². The van der Waals surface area contributed by atoms with Crippen LogP contribution in [0.15, 0.2) is 42.5 Å². The fourth-order valence-corrected chi connectivity index (χ4v) is 2.21. The number of benzene rings is 2. The highest BCUT2D eigenvalue weighted by Crippen LogP contribution is 2.23. The predicted molar refractivity (Wildman–Crippen MR) is 91.3 cm³/mol. The van der Waals surface area contributed by atoms with E-state index in [1.807, 2.05) is 0 Å². The first-order valence-corrected chi connectivity index (χ1v) is 7.56. The number of ketones is 1. The van der Waals surface area contributed by atoms with Gasteiger partial charge in [0.15, 0.2) is 12.4 Å². The molecule has 5 nitrogen and oxygen atoms in total. The lowest BCUT2D eigenvalue weighted by Crippen LogP contribution is -2.20. The van der Waals surface area contributed by atoms with E-state index in [-0.39, 0.29) is 18.3 Å². The van der Waals surface area contributed by atoms with Crippen LogP contribution in [0.3, 0.4) is 0 Å². The number of nitrogens with one attached hydrogen (secondary N) is 1. The van der Waals surface area contributed by atoms with E-state index in [9.17, 15) is 9.59 Å². The summed E-state index contributed by atoms with van der Waals surface area (Å²) in [4.78, 5) is 23.5. The maximum absolute atomic E-state index is 11.9. The van der Waals surface area contributed by atoms with Crippen LogP contribution in [0, 0.1) is 11.3 Å². The maximum Gasteiger partial charge on any atom is 0.262 e. The van der Waals surface area contributed by atoms with Crippen LogP contribution in [0.2, 0.25) is 5.02 Å². The Labute approximate surface area is 144 Å². The highest BCUT2D eigenvalue weighted by atomic mass is 35.5. The van der Waals surface area contributed by atoms with Gasteiger partial charge in [-0.1, -0.05) is 23.7 Å². The Kier molecular flexibility index (Phi) is 5.94. The summed E-state index contributed by atoms with van der Waals surface area (Å²) in [5, 5.41) is 11.7. The van der Waals surface area contributed by atoms with Crippen molar-refractivity contribution >= 4 is 29.0 Å². The quantitative estimate of drug-likeness (QED) is 0.813. The van der Waals surface area contributed by atoms with Crippen LogP contribution in [0.25, 0.3) is 0 Å². The van der Waals surface area contributed by atoms with E-state index in [1.54, 1.807) is 36.4 Å². The van der Waals surface area contributed by atoms with Crippen molar-refractivity contribution in [3.63, 3.8) is 0 Å². The van der Waals surface area contributed by atoms with Gasteiger partial charge in [-0.2, -0.15) is 5.26 Å². The van der Waals surface area contributed by atoms with E-state index in [4.69, 9.17) is 21.6 Å². The molecular formula is C18H15ClN2O3. The van der Waals surface area contributed by atoms with Crippen molar-refractivity contribution < 1.29 is 14.3 Å². The normalized spacial score (nSPS) is 9.88. The maximum atomic E-state index is 11.9. The molecule has 0 saturated carbocycles. The van der Waals surface area contributed by atoms with Crippen molar-refractivity contribution in [1.82, 2.24) is 0 Å². The van der Waals surface area contributed by atoms with Crippen LogP contribution in [0.5, 0.6) is 5.75 Å². The molecule has 2 aromatic carbocycles. The lowest BCUT2D eigenvalue weighted by molar-refractivity contribution is -0.118. The summed E-state index contributed by atoms with van der Waals surface area (Å²) >= 11 is 5.86. The van der Waals surface area contributed by atoms with Gasteiger partial charge in [0.2, 0.25) is 0 Å². The average Bonchev–Trinajstić information content (AvgIpc) is 2.55. The molecule has 6 heteroatoms. The molecule has 1 N–H and O–H groups in total. The number of ether oxygens (including phenoxy) is 1. The van der Waals surface area contributed by atoms with Crippen LogP contribution in [-0.2, 0) is 11.2 Å². The molecule has 0 fully saturated rings. The first-order valence-electron chi connectivity index (χ1n) is 7.18. The van der Waals surface area contributed by atoms with E-state index in [0.717, 1.165) is 5.56 Å². The highest BCUT2D eigenvalue weighted by Gasteiger charge is 2.11. The second kappa shape index (κ2) is 8.14. The number of nitrogens with zero attached hydrogens (tertiary/aromatic N) is 1. The summed E-state index contributed by atoms with van der Waals surface area (Å²) in [6.07, 6.45) is 0.321. The molecule has 0 heterocycles. The zero-order valence-corrected chi connectivity index (χ0v) is 13.8. The van der Waals surface area contributed by atoms with E-state index in [0.29, 0.717) is 28.4 Å². The molecule has 0 aliphatic rings. The number of anilines is 1. The number of hydrogen-bond acceptors (Lipinski definition) is 4. The summed E-state index contributed by atoms with van der Waals surface area (Å²) in [7, 11) is 0. The molecule has 0 aliphatic heterocycles. The van der Waals surface area contributed by atoms with Crippen molar-refractivity contribution in [2.75, 3.05) is 11.9 Å². The molecule has 24 heavy (non-hydrogen) atoms. The summed E-state index contributed by atoms with van der Waals surface area (Å²) in [6, 6.07) is 13.7. The van der Waals surface area contributed by atoms with Gasteiger partial charge in [-0.3, -0.25) is 9.59 Å². The Balaban J connectivity index is 1.96. The third kappa shape index (κ3) is 4.83. The molecule has 2 aromatic rings. The molecular weight excluding hydrogens is 328 g/mol. The van der Waals surface area contributed by atoms with Gasteiger partial charge in [-0.25, -0.2) is 0 Å². The third-order valence-corrected chi connectivity index (χ3v) is 3.44. The second-order valence-corrected chi connectivity index (χ2v) is 5.50. The van der Waals surface area contributed by atoms with Gasteiger partial charge in [0.25, 0.3) is 5.91 Å². The van der Waals surface area contributed by atoms with E-state index in [2.05, 4.69) is 11.4 Å². The zero-order valence-electron chi connectivity index (χ0n) is 13.0. The molecule has 2 rings (SSSR count). The Morgan fingerprint density at radius 2 is 1.92 bits per heavy atom. The molecule has 0 radical (unpaired) electrons. The second-order valence-electron chi connectivity index (χ2n) is 5.07. The van der Waals surface area contributed by atoms with Crippen LogP contribution in [0.4, 0.5) is 5.69 Å². The minimum Gasteiger partial charge on any atom is -0.483 e. The summed E-state index contributed by atoms with van der Waals surface area (Å²) in [5.74, 6) is -0.236. The molecule has 0 bridgehead atoms. The zero-order chi connectivity index (χ0) is 17.5. The third-order valence-electron chi connectivity index (χ3n) is 3.20. The van der Waals surface area contributed by atoms with Crippen molar-refractivity contribution in [3.8, 4) is 11.8 Å². The number of rotatable bonds is 6. The molecule has 0 saturated heterocycles. The molecule has 1 amide bonds. The topological polar surface area (TPSA) is 79.2 Å². The predicted octanol–water partition coefficient (Wildman–Crippen LogP) is 3.63. The van der Waals surface area contributed by atoms with Crippen LogP contribution >= 0.6 is 11.6 Å². The fourth-order valence-electron chi connectivity index (χ4n) is 2.04. The highest BCUT2D eigenvalue weighted by molar-refractivity contribution is 6.31.